The van der Waals surface area contributed by atoms with Crippen molar-refractivity contribution < 1.29 is 4.52 Å². The average molecular weight is 408 g/mol. The largest absolute Gasteiger partial charge is 0.334 e. The van der Waals surface area contributed by atoms with Crippen molar-refractivity contribution in [1.82, 2.24) is 20.4 Å². The van der Waals surface area contributed by atoms with E-state index in [1.54, 1.807) is 11.3 Å². The minimum Gasteiger partial charge on any atom is -0.334 e. The van der Waals surface area contributed by atoms with Crippen molar-refractivity contribution in [1.29, 1.82) is 0 Å². The van der Waals surface area contributed by atoms with Gasteiger partial charge in [0, 0.05) is 26.2 Å². The average Bonchev–Trinajstić information content (AvgIpc) is 2.97. The van der Waals surface area contributed by atoms with E-state index in [1.807, 2.05) is 6.07 Å². The first kappa shape index (κ1) is 13.7. The summed E-state index contributed by atoms with van der Waals surface area (Å²) in [5.74, 6) is 1.31. The molecule has 0 spiro atoms. The predicted molar refractivity (Wildman–Crippen MR) is 81.2 cm³/mol. The number of piperazine rings is 1. The van der Waals surface area contributed by atoms with Gasteiger partial charge in [0.15, 0.2) is 5.82 Å². The zero-order chi connectivity index (χ0) is 13.2. The van der Waals surface area contributed by atoms with Crippen molar-refractivity contribution >= 4 is 43.2 Å². The third-order valence-corrected chi connectivity index (χ3v) is 5.27. The highest BCUT2D eigenvalue weighted by molar-refractivity contribution is 9.12. The van der Waals surface area contributed by atoms with Crippen molar-refractivity contribution in [2.75, 3.05) is 26.2 Å². The van der Waals surface area contributed by atoms with Gasteiger partial charge in [-0.25, -0.2) is 0 Å². The third-order valence-electron chi connectivity index (χ3n) is 2.93. The second-order valence-corrected chi connectivity index (χ2v) is 8.03. The Balaban J connectivity index is 1.74. The Bertz CT molecular complexity index is 565. The van der Waals surface area contributed by atoms with Gasteiger partial charge in [-0.15, -0.1) is 11.3 Å². The molecule has 0 saturated carbocycles. The lowest BCUT2D eigenvalue weighted by Crippen LogP contribution is -2.43. The van der Waals surface area contributed by atoms with E-state index in [-0.39, 0.29) is 0 Å². The van der Waals surface area contributed by atoms with E-state index >= 15 is 0 Å². The maximum atomic E-state index is 5.34. The summed E-state index contributed by atoms with van der Waals surface area (Å²) in [5.41, 5.74) is 0.941. The SMILES string of the molecule is Brc1cc(-c2nc(CN3CCNCC3)no2)c(Br)s1. The van der Waals surface area contributed by atoms with Gasteiger partial charge < -0.3 is 9.84 Å². The van der Waals surface area contributed by atoms with Crippen LogP contribution in [0.15, 0.2) is 18.2 Å². The highest BCUT2D eigenvalue weighted by Crippen LogP contribution is 2.37. The van der Waals surface area contributed by atoms with Crippen molar-refractivity contribution in [2.24, 2.45) is 0 Å². The zero-order valence-corrected chi connectivity index (χ0v) is 14.0. The Labute approximate surface area is 131 Å². The van der Waals surface area contributed by atoms with Crippen LogP contribution in [0.25, 0.3) is 11.5 Å². The van der Waals surface area contributed by atoms with Crippen LogP contribution in [0.4, 0.5) is 0 Å². The van der Waals surface area contributed by atoms with Gasteiger partial charge >= 0.3 is 0 Å². The van der Waals surface area contributed by atoms with Crippen molar-refractivity contribution in [3.05, 3.63) is 19.5 Å². The molecule has 0 aliphatic carbocycles. The smallest absolute Gasteiger partial charge is 0.260 e. The quantitative estimate of drug-likeness (QED) is 0.847. The molecular weight excluding hydrogens is 396 g/mol. The lowest BCUT2D eigenvalue weighted by molar-refractivity contribution is 0.225. The summed E-state index contributed by atoms with van der Waals surface area (Å²) in [6.07, 6.45) is 0. The number of halogens is 2. The van der Waals surface area contributed by atoms with E-state index in [0.717, 1.165) is 51.7 Å². The van der Waals surface area contributed by atoms with E-state index in [2.05, 4.69) is 52.2 Å². The summed E-state index contributed by atoms with van der Waals surface area (Å²) in [5, 5.41) is 7.38. The first-order chi connectivity index (χ1) is 9.22. The molecule has 8 heteroatoms. The van der Waals surface area contributed by atoms with E-state index in [4.69, 9.17) is 4.52 Å². The maximum Gasteiger partial charge on any atom is 0.260 e. The molecule has 19 heavy (non-hydrogen) atoms. The molecule has 0 bridgehead atoms. The third kappa shape index (κ3) is 3.25. The van der Waals surface area contributed by atoms with E-state index in [9.17, 15) is 0 Å². The second-order valence-electron chi connectivity index (χ2n) is 4.28. The van der Waals surface area contributed by atoms with Gasteiger partial charge in [-0.1, -0.05) is 5.16 Å². The standard InChI is InChI=1S/C11H12Br2N4OS/c12-8-5-7(10(13)19-8)11-15-9(16-18-11)6-17-3-1-14-2-4-17/h5,14H,1-4,6H2. The summed E-state index contributed by atoms with van der Waals surface area (Å²) < 4.78 is 7.37. The van der Waals surface area contributed by atoms with Crippen molar-refractivity contribution in [3.8, 4) is 11.5 Å². The van der Waals surface area contributed by atoms with Gasteiger partial charge in [-0.3, -0.25) is 4.90 Å². The number of hydrogen-bond acceptors (Lipinski definition) is 6. The molecule has 3 rings (SSSR count). The molecule has 102 valence electrons. The summed E-state index contributed by atoms with van der Waals surface area (Å²) in [7, 11) is 0. The van der Waals surface area contributed by atoms with E-state index in [0.29, 0.717) is 5.89 Å². The molecule has 2 aromatic heterocycles. The molecule has 1 aliphatic heterocycles. The molecule has 0 radical (unpaired) electrons. The number of nitrogens with one attached hydrogen (secondary N) is 1. The Morgan fingerprint density at radius 1 is 1.37 bits per heavy atom. The van der Waals surface area contributed by atoms with Crippen LogP contribution >= 0.6 is 43.2 Å². The van der Waals surface area contributed by atoms with Crippen LogP contribution < -0.4 is 5.32 Å². The van der Waals surface area contributed by atoms with Gasteiger partial charge in [-0.2, -0.15) is 4.98 Å². The molecule has 3 heterocycles. The zero-order valence-electron chi connectivity index (χ0n) is 10.0. The number of aromatic nitrogens is 2. The van der Waals surface area contributed by atoms with Crippen molar-refractivity contribution in [3.63, 3.8) is 0 Å². The topological polar surface area (TPSA) is 54.2 Å². The number of thiophene rings is 1. The molecule has 1 saturated heterocycles. The van der Waals surface area contributed by atoms with Gasteiger partial charge in [0.25, 0.3) is 5.89 Å². The van der Waals surface area contributed by atoms with Gasteiger partial charge in [0.2, 0.25) is 0 Å². The van der Waals surface area contributed by atoms with Crippen LogP contribution in [0.2, 0.25) is 0 Å². The highest BCUT2D eigenvalue weighted by atomic mass is 79.9. The molecule has 0 amide bonds. The number of rotatable bonds is 3. The van der Waals surface area contributed by atoms with Crippen LogP contribution in [0.1, 0.15) is 5.82 Å². The van der Waals surface area contributed by atoms with Crippen LogP contribution in [-0.4, -0.2) is 41.2 Å². The molecule has 1 aliphatic rings. The van der Waals surface area contributed by atoms with Crippen LogP contribution in [-0.2, 0) is 6.54 Å². The summed E-state index contributed by atoms with van der Waals surface area (Å²) >= 11 is 8.55. The molecule has 5 nitrogen and oxygen atoms in total. The minimum absolute atomic E-state index is 0.568. The summed E-state index contributed by atoms with van der Waals surface area (Å²) in [6, 6.07) is 1.98. The van der Waals surface area contributed by atoms with Gasteiger partial charge in [-0.05, 0) is 37.9 Å². The summed E-state index contributed by atoms with van der Waals surface area (Å²) in [4.78, 5) is 6.79. The molecule has 0 atom stereocenters. The molecular formula is C11H12Br2N4OS. The van der Waals surface area contributed by atoms with Crippen molar-refractivity contribution in [2.45, 2.75) is 6.54 Å². The van der Waals surface area contributed by atoms with E-state index < -0.39 is 0 Å². The first-order valence-corrected chi connectivity index (χ1v) is 8.33. The Kier molecular flexibility index (Phi) is 4.33. The lowest BCUT2D eigenvalue weighted by atomic mass is 10.3. The Hall–Kier alpha value is -0.280. The number of hydrogen-bond donors (Lipinski definition) is 1. The molecule has 0 aromatic carbocycles. The van der Waals surface area contributed by atoms with Gasteiger partial charge in [0.1, 0.15) is 0 Å². The van der Waals surface area contributed by atoms with E-state index in [1.165, 1.54) is 0 Å². The number of nitrogens with zero attached hydrogens (tertiary/aromatic N) is 3. The first-order valence-electron chi connectivity index (χ1n) is 5.93. The van der Waals surface area contributed by atoms with Gasteiger partial charge in [0.05, 0.1) is 19.7 Å². The maximum absolute atomic E-state index is 5.34. The Morgan fingerprint density at radius 2 is 2.16 bits per heavy atom. The molecule has 0 unspecified atom stereocenters. The fourth-order valence-corrected chi connectivity index (χ4v) is 4.76. The normalized spacial score (nSPS) is 16.9. The molecule has 1 N–H and O–H groups in total. The monoisotopic (exact) mass is 406 g/mol. The second kappa shape index (κ2) is 6.01. The predicted octanol–water partition coefficient (Wildman–Crippen LogP) is 2.73. The Morgan fingerprint density at radius 3 is 2.84 bits per heavy atom. The van der Waals surface area contributed by atoms with Crippen LogP contribution in [0.3, 0.4) is 0 Å². The molecule has 1 fully saturated rings. The fraction of sp³-hybridized carbons (Fsp3) is 0.455. The minimum atomic E-state index is 0.568. The van der Waals surface area contributed by atoms with Crippen LogP contribution in [0.5, 0.6) is 0 Å². The summed E-state index contributed by atoms with van der Waals surface area (Å²) in [6.45, 7) is 4.84. The highest BCUT2D eigenvalue weighted by Gasteiger charge is 2.17. The lowest BCUT2D eigenvalue weighted by Gasteiger charge is -2.25. The fourth-order valence-electron chi connectivity index (χ4n) is 1.98. The van der Waals surface area contributed by atoms with Crippen LogP contribution in [0, 0.1) is 0 Å². The molecule has 2 aromatic rings.